The Labute approximate surface area is 155 Å². The summed E-state index contributed by atoms with van der Waals surface area (Å²) in [7, 11) is -3.64. The minimum atomic E-state index is -3.64. The van der Waals surface area contributed by atoms with Gasteiger partial charge in [0, 0.05) is 10.2 Å². The molecule has 0 radical (unpaired) electrons. The number of hydrogen-bond acceptors (Lipinski definition) is 5. The highest BCUT2D eigenvalue weighted by molar-refractivity contribution is 9.13. The van der Waals surface area contributed by atoms with E-state index in [0.717, 1.165) is 16.9 Å². The van der Waals surface area contributed by atoms with Gasteiger partial charge in [-0.25, -0.2) is 8.42 Å². The van der Waals surface area contributed by atoms with E-state index in [-0.39, 0.29) is 16.6 Å². The number of sulfonamides is 1. The Morgan fingerprint density at radius 1 is 1.26 bits per heavy atom. The molecule has 0 spiro atoms. The van der Waals surface area contributed by atoms with Gasteiger partial charge < -0.3 is 4.74 Å². The zero-order valence-corrected chi connectivity index (χ0v) is 16.8. The van der Waals surface area contributed by atoms with Crippen molar-refractivity contribution in [1.29, 1.82) is 0 Å². The maximum absolute atomic E-state index is 12.3. The summed E-state index contributed by atoms with van der Waals surface area (Å²) < 4.78 is 33.6. The molecule has 0 aliphatic carbocycles. The molecule has 0 fully saturated rings. The molecule has 0 amide bonds. The van der Waals surface area contributed by atoms with Crippen LogP contribution in [-0.4, -0.2) is 21.0 Å². The van der Waals surface area contributed by atoms with Crippen LogP contribution in [-0.2, 0) is 26.0 Å². The molecule has 0 saturated heterocycles. The van der Waals surface area contributed by atoms with Crippen LogP contribution >= 0.6 is 43.2 Å². The molecule has 0 bridgehead atoms. The van der Waals surface area contributed by atoms with Gasteiger partial charge in [-0.1, -0.05) is 12.1 Å². The van der Waals surface area contributed by atoms with Crippen molar-refractivity contribution in [3.63, 3.8) is 0 Å². The first-order valence-corrected chi connectivity index (χ1v) is 10.4. The van der Waals surface area contributed by atoms with Gasteiger partial charge in [0.25, 0.3) is 10.0 Å². The van der Waals surface area contributed by atoms with Crippen LogP contribution in [0.3, 0.4) is 0 Å². The average molecular weight is 483 g/mol. The molecule has 23 heavy (non-hydrogen) atoms. The van der Waals surface area contributed by atoms with E-state index in [9.17, 15) is 13.2 Å². The Hall–Kier alpha value is -0.900. The van der Waals surface area contributed by atoms with Gasteiger partial charge in [0.1, 0.15) is 4.21 Å². The van der Waals surface area contributed by atoms with Gasteiger partial charge in [-0.3, -0.25) is 9.52 Å². The highest BCUT2D eigenvalue weighted by Gasteiger charge is 2.19. The average Bonchev–Trinajstić information content (AvgIpc) is 2.82. The Kier molecular flexibility index (Phi) is 6.24. The van der Waals surface area contributed by atoms with Crippen molar-refractivity contribution >= 4 is 64.9 Å². The van der Waals surface area contributed by atoms with Crippen LogP contribution in [0.5, 0.6) is 0 Å². The first-order valence-electron chi connectivity index (χ1n) is 6.54. The van der Waals surface area contributed by atoms with E-state index < -0.39 is 10.0 Å². The van der Waals surface area contributed by atoms with Crippen LogP contribution in [0, 0.1) is 0 Å². The molecule has 2 rings (SSSR count). The number of benzene rings is 1. The summed E-state index contributed by atoms with van der Waals surface area (Å²) in [5, 5.41) is 0. The molecular weight excluding hydrogens is 470 g/mol. The second kappa shape index (κ2) is 7.78. The molecule has 1 aromatic carbocycles. The number of carbonyl (C=O) groups is 1. The summed E-state index contributed by atoms with van der Waals surface area (Å²) in [5.74, 6) is -0.311. The lowest BCUT2D eigenvalue weighted by Gasteiger charge is -2.07. The highest BCUT2D eigenvalue weighted by atomic mass is 79.9. The third-order valence-electron chi connectivity index (χ3n) is 2.75. The van der Waals surface area contributed by atoms with E-state index >= 15 is 0 Å². The Morgan fingerprint density at radius 2 is 1.91 bits per heavy atom. The van der Waals surface area contributed by atoms with Crippen molar-refractivity contribution in [1.82, 2.24) is 0 Å². The topological polar surface area (TPSA) is 72.5 Å². The fourth-order valence-electron chi connectivity index (χ4n) is 1.73. The van der Waals surface area contributed by atoms with Crippen molar-refractivity contribution in [3.05, 3.63) is 44.2 Å². The van der Waals surface area contributed by atoms with Crippen molar-refractivity contribution in [3.8, 4) is 0 Å². The smallest absolute Gasteiger partial charge is 0.310 e. The molecule has 1 aromatic heterocycles. The number of carbonyl (C=O) groups excluding carboxylic acids is 1. The molecule has 1 heterocycles. The number of hydrogen-bond donors (Lipinski definition) is 1. The minimum Gasteiger partial charge on any atom is -0.466 e. The van der Waals surface area contributed by atoms with E-state index in [1.54, 1.807) is 31.2 Å². The van der Waals surface area contributed by atoms with Crippen molar-refractivity contribution in [2.45, 2.75) is 17.6 Å². The molecule has 124 valence electrons. The van der Waals surface area contributed by atoms with Crippen LogP contribution in [0.1, 0.15) is 12.5 Å². The van der Waals surface area contributed by atoms with Crippen molar-refractivity contribution < 1.29 is 17.9 Å². The third-order valence-corrected chi connectivity index (χ3v) is 7.86. The number of halogens is 2. The van der Waals surface area contributed by atoms with E-state index in [2.05, 4.69) is 36.6 Å². The van der Waals surface area contributed by atoms with E-state index in [4.69, 9.17) is 4.74 Å². The zero-order valence-electron chi connectivity index (χ0n) is 12.0. The lowest BCUT2D eigenvalue weighted by Crippen LogP contribution is -2.11. The monoisotopic (exact) mass is 481 g/mol. The van der Waals surface area contributed by atoms with Crippen molar-refractivity contribution in [2.75, 3.05) is 11.3 Å². The van der Waals surface area contributed by atoms with Crippen LogP contribution in [0.2, 0.25) is 0 Å². The molecule has 2 aromatic rings. The van der Waals surface area contributed by atoms with Gasteiger partial charge in [0.05, 0.1) is 16.8 Å². The standard InChI is InChI=1S/C14H13Br2NO4S2/c1-2-21-12(18)7-9-3-5-10(6-4-9)17-23(19,20)13-8-11(15)14(16)22-13/h3-6,8,17H,2,7H2,1H3. The Morgan fingerprint density at radius 3 is 2.43 bits per heavy atom. The van der Waals surface area contributed by atoms with Gasteiger partial charge in [-0.2, -0.15) is 0 Å². The van der Waals surface area contributed by atoms with Crippen LogP contribution in [0.15, 0.2) is 42.8 Å². The summed E-state index contributed by atoms with van der Waals surface area (Å²) >= 11 is 7.66. The van der Waals surface area contributed by atoms with Gasteiger partial charge in [0.2, 0.25) is 0 Å². The molecule has 5 nitrogen and oxygen atoms in total. The molecule has 0 aliphatic rings. The second-order valence-electron chi connectivity index (χ2n) is 4.47. The number of ether oxygens (including phenoxy) is 1. The summed E-state index contributed by atoms with van der Waals surface area (Å²) in [6, 6.07) is 8.14. The SMILES string of the molecule is CCOC(=O)Cc1ccc(NS(=O)(=O)c2cc(Br)c(Br)s2)cc1. The number of nitrogens with one attached hydrogen (secondary N) is 1. The first-order chi connectivity index (χ1) is 10.8. The molecule has 0 atom stereocenters. The van der Waals surface area contributed by atoms with Gasteiger partial charge in [0.15, 0.2) is 0 Å². The minimum absolute atomic E-state index is 0.158. The molecule has 1 N–H and O–H groups in total. The largest absolute Gasteiger partial charge is 0.466 e. The fourth-order valence-corrected chi connectivity index (χ4v) is 5.61. The Bertz CT molecular complexity index is 781. The van der Waals surface area contributed by atoms with Crippen LogP contribution in [0.4, 0.5) is 5.69 Å². The number of rotatable bonds is 6. The van der Waals surface area contributed by atoms with E-state index in [1.165, 1.54) is 6.07 Å². The molecule has 0 unspecified atom stereocenters. The number of esters is 1. The molecule has 0 aliphatic heterocycles. The maximum Gasteiger partial charge on any atom is 0.310 e. The Balaban J connectivity index is 2.09. The van der Waals surface area contributed by atoms with Gasteiger partial charge in [-0.05, 0) is 62.5 Å². The predicted molar refractivity (Wildman–Crippen MR) is 97.3 cm³/mol. The number of thiophene rings is 1. The summed E-state index contributed by atoms with van der Waals surface area (Å²) in [5.41, 5.74) is 1.19. The number of anilines is 1. The lowest BCUT2D eigenvalue weighted by molar-refractivity contribution is -0.142. The third kappa shape index (κ3) is 5.03. The zero-order chi connectivity index (χ0) is 17.0. The quantitative estimate of drug-likeness (QED) is 0.627. The van der Waals surface area contributed by atoms with Crippen LogP contribution in [0.25, 0.3) is 0 Å². The summed E-state index contributed by atoms with van der Waals surface area (Å²) in [4.78, 5) is 11.4. The predicted octanol–water partition coefficient (Wildman–Crippen LogP) is 4.18. The second-order valence-corrected chi connectivity index (χ2v) is 9.60. The van der Waals surface area contributed by atoms with Crippen LogP contribution < -0.4 is 4.72 Å². The normalized spacial score (nSPS) is 11.3. The summed E-state index contributed by atoms with van der Waals surface area (Å²) in [6.07, 6.45) is 0.158. The van der Waals surface area contributed by atoms with Crippen molar-refractivity contribution in [2.24, 2.45) is 0 Å². The first kappa shape index (κ1) is 18.4. The summed E-state index contributed by atoms with van der Waals surface area (Å²) in [6.45, 7) is 2.08. The van der Waals surface area contributed by atoms with Gasteiger partial charge >= 0.3 is 5.97 Å². The molecule has 0 saturated carbocycles. The highest BCUT2D eigenvalue weighted by Crippen LogP contribution is 2.35. The molecule has 9 heteroatoms. The maximum atomic E-state index is 12.3. The fraction of sp³-hybridized carbons (Fsp3) is 0.214. The van der Waals surface area contributed by atoms with E-state index in [1.807, 2.05) is 0 Å². The van der Waals surface area contributed by atoms with Gasteiger partial charge in [-0.15, -0.1) is 11.3 Å². The van der Waals surface area contributed by atoms with E-state index in [0.29, 0.717) is 20.6 Å². The molecular formula is C14H13Br2NO4S2. The lowest BCUT2D eigenvalue weighted by atomic mass is 10.1.